The molecule has 1 heterocycles. The molecule has 2 aliphatic rings. The Labute approximate surface area is 144 Å². The summed E-state index contributed by atoms with van der Waals surface area (Å²) in [6.45, 7) is 4.94. The average Bonchev–Trinajstić information content (AvgIpc) is 3.37. The average molecular weight is 325 g/mol. The predicted octanol–water partition coefficient (Wildman–Crippen LogP) is 2.83. The van der Waals surface area contributed by atoms with E-state index in [1.807, 2.05) is 37.2 Å². The topological polar surface area (TPSA) is 44.7 Å². The third-order valence-corrected chi connectivity index (χ3v) is 5.36. The smallest absolute Gasteiger partial charge is 0.223 e. The number of amidine groups is 1. The van der Waals surface area contributed by atoms with E-state index in [9.17, 15) is 4.79 Å². The van der Waals surface area contributed by atoms with Crippen molar-refractivity contribution in [3.05, 3.63) is 48.0 Å². The molecule has 0 aromatic heterocycles. The molecule has 4 atom stereocenters. The number of hydrogen-bond acceptors (Lipinski definition) is 3. The second kappa shape index (κ2) is 6.42. The van der Waals surface area contributed by atoms with Crippen molar-refractivity contribution in [3.8, 4) is 0 Å². The summed E-state index contributed by atoms with van der Waals surface area (Å²) >= 11 is 0. The molecule has 4 heteroatoms. The summed E-state index contributed by atoms with van der Waals surface area (Å²) in [4.78, 5) is 19.2. The Kier molecular flexibility index (Phi) is 4.48. The second-order valence-corrected chi connectivity index (χ2v) is 7.50. The highest BCUT2D eigenvalue weighted by molar-refractivity contribution is 5.93. The van der Waals surface area contributed by atoms with Gasteiger partial charge in [0.05, 0.1) is 6.54 Å². The highest BCUT2D eigenvalue weighted by atomic mass is 16.2. The molecule has 1 N–H and O–H groups in total. The number of nitrogens with one attached hydrogen (secondary N) is 1. The summed E-state index contributed by atoms with van der Waals surface area (Å²) in [5.74, 6) is 1.66. The number of carbonyl (C=O) groups is 1. The van der Waals surface area contributed by atoms with Gasteiger partial charge in [0.2, 0.25) is 5.91 Å². The fraction of sp³-hybridized carbons (Fsp3) is 0.500. The number of carbonyl (C=O) groups excluding carboxylic acids is 1. The van der Waals surface area contributed by atoms with E-state index in [2.05, 4.69) is 48.4 Å². The van der Waals surface area contributed by atoms with Crippen LogP contribution >= 0.6 is 0 Å². The number of likely N-dealkylation sites (N-methyl/N-ethyl adjacent to an activating group) is 1. The highest BCUT2D eigenvalue weighted by Gasteiger charge is 2.45. The molecular weight excluding hydrogens is 298 g/mol. The van der Waals surface area contributed by atoms with Crippen LogP contribution in [0.25, 0.3) is 0 Å². The van der Waals surface area contributed by atoms with Crippen molar-refractivity contribution < 1.29 is 4.79 Å². The van der Waals surface area contributed by atoms with Crippen LogP contribution in [0.3, 0.4) is 0 Å². The van der Waals surface area contributed by atoms with E-state index < -0.39 is 0 Å². The van der Waals surface area contributed by atoms with E-state index in [-0.39, 0.29) is 23.3 Å². The lowest BCUT2D eigenvalue weighted by Gasteiger charge is -2.35. The first-order valence-electron chi connectivity index (χ1n) is 8.67. The Morgan fingerprint density at radius 1 is 1.33 bits per heavy atom. The lowest BCUT2D eigenvalue weighted by atomic mass is 9.81. The van der Waals surface area contributed by atoms with Gasteiger partial charge in [-0.3, -0.25) is 9.79 Å². The first-order chi connectivity index (χ1) is 11.4. The SMILES string of the molecule is CC(NC(=O)C1CC1c1ccccc1)C1(C)C=CC(N(C)C)=NC1. The minimum Gasteiger partial charge on any atom is -0.363 e. The zero-order chi connectivity index (χ0) is 17.3. The molecule has 1 aromatic rings. The molecule has 128 valence electrons. The number of dihydropyridines is 1. The normalized spacial score (nSPS) is 29.6. The minimum atomic E-state index is -0.133. The number of nitrogens with zero attached hydrogens (tertiary/aromatic N) is 2. The molecule has 4 unspecified atom stereocenters. The van der Waals surface area contributed by atoms with Crippen LogP contribution in [0.1, 0.15) is 31.7 Å². The third kappa shape index (κ3) is 3.37. The van der Waals surface area contributed by atoms with Crippen LogP contribution in [-0.2, 0) is 4.79 Å². The lowest BCUT2D eigenvalue weighted by molar-refractivity contribution is -0.123. The van der Waals surface area contributed by atoms with Crippen molar-refractivity contribution in [2.45, 2.75) is 32.2 Å². The molecule has 1 aliphatic heterocycles. The van der Waals surface area contributed by atoms with E-state index in [0.29, 0.717) is 12.5 Å². The highest BCUT2D eigenvalue weighted by Crippen LogP contribution is 2.47. The fourth-order valence-corrected chi connectivity index (χ4v) is 3.23. The van der Waals surface area contributed by atoms with Gasteiger partial charge in [0.15, 0.2) is 0 Å². The van der Waals surface area contributed by atoms with Crippen LogP contribution in [-0.4, -0.2) is 43.3 Å². The predicted molar refractivity (Wildman–Crippen MR) is 98.1 cm³/mol. The lowest BCUT2D eigenvalue weighted by Crippen LogP contribution is -2.47. The summed E-state index contributed by atoms with van der Waals surface area (Å²) in [6, 6.07) is 10.4. The molecule has 4 nitrogen and oxygen atoms in total. The maximum atomic E-state index is 12.6. The largest absolute Gasteiger partial charge is 0.363 e. The Balaban J connectivity index is 1.57. The van der Waals surface area contributed by atoms with E-state index in [1.54, 1.807) is 0 Å². The maximum Gasteiger partial charge on any atom is 0.223 e. The summed E-state index contributed by atoms with van der Waals surface area (Å²) in [7, 11) is 3.99. The number of aliphatic imine (C=N–C) groups is 1. The second-order valence-electron chi connectivity index (χ2n) is 7.50. The number of amides is 1. The molecule has 1 amide bonds. The van der Waals surface area contributed by atoms with Crippen molar-refractivity contribution in [2.75, 3.05) is 20.6 Å². The Bertz CT molecular complexity index is 665. The molecule has 1 aliphatic carbocycles. The van der Waals surface area contributed by atoms with Gasteiger partial charge in [-0.15, -0.1) is 0 Å². The number of benzene rings is 1. The van der Waals surface area contributed by atoms with E-state index in [1.165, 1.54) is 5.56 Å². The monoisotopic (exact) mass is 325 g/mol. The van der Waals surface area contributed by atoms with Crippen LogP contribution in [0.4, 0.5) is 0 Å². The third-order valence-electron chi connectivity index (χ3n) is 5.36. The van der Waals surface area contributed by atoms with Gasteiger partial charge in [-0.1, -0.05) is 43.3 Å². The van der Waals surface area contributed by atoms with Crippen molar-refractivity contribution in [1.82, 2.24) is 10.2 Å². The molecule has 1 aromatic carbocycles. The molecule has 0 bridgehead atoms. The van der Waals surface area contributed by atoms with E-state index >= 15 is 0 Å². The summed E-state index contributed by atoms with van der Waals surface area (Å²) < 4.78 is 0. The molecule has 24 heavy (non-hydrogen) atoms. The van der Waals surface area contributed by atoms with Crippen molar-refractivity contribution in [2.24, 2.45) is 16.3 Å². The molecule has 3 rings (SSSR count). The van der Waals surface area contributed by atoms with Crippen LogP contribution in [0.5, 0.6) is 0 Å². The molecule has 0 radical (unpaired) electrons. The van der Waals surface area contributed by atoms with Crippen LogP contribution in [0.2, 0.25) is 0 Å². The van der Waals surface area contributed by atoms with E-state index in [4.69, 9.17) is 0 Å². The van der Waals surface area contributed by atoms with Gasteiger partial charge in [0, 0.05) is 31.5 Å². The van der Waals surface area contributed by atoms with Crippen LogP contribution < -0.4 is 5.32 Å². The summed E-state index contributed by atoms with van der Waals surface area (Å²) in [5.41, 5.74) is 1.14. The first kappa shape index (κ1) is 16.7. The van der Waals surface area contributed by atoms with Crippen LogP contribution in [0.15, 0.2) is 47.5 Å². The molecular formula is C20H27N3O. The van der Waals surface area contributed by atoms with E-state index in [0.717, 1.165) is 12.3 Å². The number of hydrogen-bond donors (Lipinski definition) is 1. The van der Waals surface area contributed by atoms with Gasteiger partial charge < -0.3 is 10.2 Å². The molecule has 1 fully saturated rings. The molecule has 0 saturated heterocycles. The van der Waals surface area contributed by atoms with Crippen LogP contribution in [0, 0.1) is 11.3 Å². The minimum absolute atomic E-state index is 0.0609. The van der Waals surface area contributed by atoms with Crippen molar-refractivity contribution >= 4 is 11.7 Å². The quantitative estimate of drug-likeness (QED) is 0.925. The zero-order valence-electron chi connectivity index (χ0n) is 15.0. The maximum absolute atomic E-state index is 12.6. The van der Waals surface area contributed by atoms with Gasteiger partial charge in [0.25, 0.3) is 0 Å². The fourth-order valence-electron chi connectivity index (χ4n) is 3.23. The number of rotatable bonds is 4. The first-order valence-corrected chi connectivity index (χ1v) is 8.67. The summed E-state index contributed by atoms with van der Waals surface area (Å²) in [6.07, 6.45) is 5.19. The molecule has 0 spiro atoms. The van der Waals surface area contributed by atoms with Gasteiger partial charge in [-0.05, 0) is 30.9 Å². The zero-order valence-corrected chi connectivity index (χ0v) is 15.0. The summed E-state index contributed by atoms with van der Waals surface area (Å²) in [5, 5.41) is 3.22. The molecule has 1 saturated carbocycles. The van der Waals surface area contributed by atoms with Gasteiger partial charge in [-0.2, -0.15) is 0 Å². The standard InChI is InChI=1S/C20H27N3O/c1-14(20(2)11-10-18(21-13-20)23(3)4)22-19(24)17-12-16(17)15-8-6-5-7-9-15/h5-11,14,16-17H,12-13H2,1-4H3,(H,22,24). The van der Waals surface area contributed by atoms with Gasteiger partial charge >= 0.3 is 0 Å². The Hall–Kier alpha value is -2.10. The Morgan fingerprint density at radius 2 is 2.04 bits per heavy atom. The van der Waals surface area contributed by atoms with Crippen molar-refractivity contribution in [1.29, 1.82) is 0 Å². The van der Waals surface area contributed by atoms with Gasteiger partial charge in [-0.25, -0.2) is 0 Å². The van der Waals surface area contributed by atoms with Gasteiger partial charge in [0.1, 0.15) is 5.84 Å². The Morgan fingerprint density at radius 3 is 2.62 bits per heavy atom. The van der Waals surface area contributed by atoms with Crippen molar-refractivity contribution in [3.63, 3.8) is 0 Å².